The molecule has 0 saturated carbocycles. The standard InChI is InChI=1S/C22H27ClN2O4/c23-18-5-4-8-20(15-18)29-17-22(27)9-12-25(13-10-22)16-21(26)24-11-14-28-19-6-2-1-3-7-19/h1-8,15,27H,9-14,16-17H2,(H,24,26). The maximum atomic E-state index is 12.1. The van der Waals surface area contributed by atoms with Crippen LogP contribution in [-0.2, 0) is 4.79 Å². The zero-order valence-electron chi connectivity index (χ0n) is 16.4. The highest BCUT2D eigenvalue weighted by atomic mass is 35.5. The third kappa shape index (κ3) is 7.24. The van der Waals surface area contributed by atoms with Crippen molar-refractivity contribution in [1.29, 1.82) is 0 Å². The van der Waals surface area contributed by atoms with Crippen molar-refractivity contribution in [1.82, 2.24) is 10.2 Å². The van der Waals surface area contributed by atoms with E-state index in [-0.39, 0.29) is 12.5 Å². The van der Waals surface area contributed by atoms with Crippen LogP contribution >= 0.6 is 11.6 Å². The van der Waals surface area contributed by atoms with Crippen LogP contribution in [-0.4, -0.2) is 60.9 Å². The number of halogens is 1. The van der Waals surface area contributed by atoms with Crippen molar-refractivity contribution in [3.8, 4) is 11.5 Å². The van der Waals surface area contributed by atoms with Crippen LogP contribution in [0, 0.1) is 0 Å². The van der Waals surface area contributed by atoms with E-state index >= 15 is 0 Å². The number of carbonyl (C=O) groups excluding carboxylic acids is 1. The minimum Gasteiger partial charge on any atom is -0.492 e. The average molecular weight is 419 g/mol. The van der Waals surface area contributed by atoms with E-state index in [4.69, 9.17) is 21.1 Å². The summed E-state index contributed by atoms with van der Waals surface area (Å²) in [7, 11) is 0. The Morgan fingerprint density at radius 1 is 1.07 bits per heavy atom. The van der Waals surface area contributed by atoms with Crippen molar-refractivity contribution in [2.75, 3.05) is 39.4 Å². The highest BCUT2D eigenvalue weighted by molar-refractivity contribution is 6.30. The first-order chi connectivity index (χ1) is 14.0. The van der Waals surface area contributed by atoms with Gasteiger partial charge in [-0.1, -0.05) is 35.9 Å². The molecule has 1 fully saturated rings. The fraction of sp³-hybridized carbons (Fsp3) is 0.409. The molecule has 0 aliphatic carbocycles. The van der Waals surface area contributed by atoms with Gasteiger partial charge in [-0.2, -0.15) is 0 Å². The fourth-order valence-corrected chi connectivity index (χ4v) is 3.36. The lowest BCUT2D eigenvalue weighted by atomic mass is 9.92. The number of carbonyl (C=O) groups is 1. The molecule has 2 aromatic rings. The topological polar surface area (TPSA) is 71.0 Å². The van der Waals surface area contributed by atoms with Gasteiger partial charge >= 0.3 is 0 Å². The number of amides is 1. The molecule has 1 amide bonds. The number of nitrogens with one attached hydrogen (secondary N) is 1. The first-order valence-electron chi connectivity index (χ1n) is 9.80. The first-order valence-corrected chi connectivity index (χ1v) is 10.2. The number of hydrogen-bond acceptors (Lipinski definition) is 5. The van der Waals surface area contributed by atoms with Crippen LogP contribution in [0.15, 0.2) is 54.6 Å². The molecule has 0 unspecified atom stereocenters. The summed E-state index contributed by atoms with van der Waals surface area (Å²) in [4.78, 5) is 14.2. The molecule has 1 aliphatic rings. The van der Waals surface area contributed by atoms with Gasteiger partial charge in [0, 0.05) is 18.1 Å². The van der Waals surface area contributed by atoms with Crippen molar-refractivity contribution in [3.63, 3.8) is 0 Å². The minimum absolute atomic E-state index is 0.0396. The molecule has 1 heterocycles. The Morgan fingerprint density at radius 3 is 2.52 bits per heavy atom. The summed E-state index contributed by atoms with van der Waals surface area (Å²) in [5, 5.41) is 14.2. The zero-order valence-corrected chi connectivity index (χ0v) is 17.1. The van der Waals surface area contributed by atoms with E-state index in [0.29, 0.717) is 56.4 Å². The third-order valence-corrected chi connectivity index (χ3v) is 5.13. The van der Waals surface area contributed by atoms with Crippen LogP contribution in [0.2, 0.25) is 5.02 Å². The van der Waals surface area contributed by atoms with Crippen molar-refractivity contribution in [3.05, 3.63) is 59.6 Å². The molecular weight excluding hydrogens is 392 g/mol. The molecule has 2 N–H and O–H groups in total. The summed E-state index contributed by atoms with van der Waals surface area (Å²) in [5.41, 5.74) is -0.890. The smallest absolute Gasteiger partial charge is 0.234 e. The van der Waals surface area contributed by atoms with Gasteiger partial charge in [-0.25, -0.2) is 0 Å². The molecule has 156 valence electrons. The van der Waals surface area contributed by atoms with Crippen molar-refractivity contribution in [2.45, 2.75) is 18.4 Å². The van der Waals surface area contributed by atoms with Crippen LogP contribution in [0.3, 0.4) is 0 Å². The molecule has 3 rings (SSSR count). The first kappa shape index (κ1) is 21.4. The molecule has 29 heavy (non-hydrogen) atoms. The lowest BCUT2D eigenvalue weighted by Crippen LogP contribution is -2.50. The number of ether oxygens (including phenoxy) is 2. The van der Waals surface area contributed by atoms with Gasteiger partial charge in [0.2, 0.25) is 5.91 Å². The van der Waals surface area contributed by atoms with Crippen molar-refractivity contribution < 1.29 is 19.4 Å². The van der Waals surface area contributed by atoms with Gasteiger partial charge in [0.1, 0.15) is 30.3 Å². The number of nitrogens with zero attached hydrogens (tertiary/aromatic N) is 1. The average Bonchev–Trinajstić information content (AvgIpc) is 2.73. The summed E-state index contributed by atoms with van der Waals surface area (Å²) in [6.45, 7) is 2.70. The largest absolute Gasteiger partial charge is 0.492 e. The molecule has 6 nitrogen and oxygen atoms in total. The van der Waals surface area contributed by atoms with Gasteiger partial charge < -0.3 is 19.9 Å². The second-order valence-electron chi connectivity index (χ2n) is 7.26. The lowest BCUT2D eigenvalue weighted by Gasteiger charge is -2.37. The van der Waals surface area contributed by atoms with Crippen molar-refractivity contribution in [2.24, 2.45) is 0 Å². The van der Waals surface area contributed by atoms with Crippen LogP contribution in [0.25, 0.3) is 0 Å². The Hall–Kier alpha value is -2.28. The molecule has 0 spiro atoms. The van der Waals surface area contributed by atoms with E-state index in [1.807, 2.05) is 47.4 Å². The molecule has 0 aromatic heterocycles. The number of benzene rings is 2. The Kier molecular flexibility index (Phi) is 7.75. The molecule has 0 bridgehead atoms. The highest BCUT2D eigenvalue weighted by Crippen LogP contribution is 2.24. The Bertz CT molecular complexity index is 779. The van der Waals surface area contributed by atoms with Gasteiger partial charge in [0.15, 0.2) is 0 Å². The second kappa shape index (κ2) is 10.5. The number of hydrogen-bond donors (Lipinski definition) is 2. The van der Waals surface area contributed by atoms with Gasteiger partial charge in [-0.3, -0.25) is 9.69 Å². The van der Waals surface area contributed by atoms with E-state index in [0.717, 1.165) is 5.75 Å². The molecule has 0 radical (unpaired) electrons. The second-order valence-corrected chi connectivity index (χ2v) is 7.69. The van der Waals surface area contributed by atoms with Gasteiger partial charge in [-0.05, 0) is 43.2 Å². The number of para-hydroxylation sites is 1. The quantitative estimate of drug-likeness (QED) is 0.613. The van der Waals surface area contributed by atoms with E-state index in [9.17, 15) is 9.90 Å². The van der Waals surface area contributed by atoms with E-state index in [2.05, 4.69) is 5.32 Å². The maximum absolute atomic E-state index is 12.1. The summed E-state index contributed by atoms with van der Waals surface area (Å²) < 4.78 is 11.3. The number of likely N-dealkylation sites (tertiary alicyclic amines) is 1. The molecule has 1 aliphatic heterocycles. The Balaban J connectivity index is 1.31. The van der Waals surface area contributed by atoms with E-state index in [1.165, 1.54) is 0 Å². The predicted molar refractivity (Wildman–Crippen MR) is 113 cm³/mol. The predicted octanol–water partition coefficient (Wildman–Crippen LogP) is 2.74. The van der Waals surface area contributed by atoms with Crippen molar-refractivity contribution >= 4 is 17.5 Å². The van der Waals surface area contributed by atoms with Crippen LogP contribution in [0.1, 0.15) is 12.8 Å². The molecule has 0 atom stereocenters. The summed E-state index contributed by atoms with van der Waals surface area (Å²) >= 11 is 5.95. The highest BCUT2D eigenvalue weighted by Gasteiger charge is 2.33. The van der Waals surface area contributed by atoms with E-state index < -0.39 is 5.60 Å². The van der Waals surface area contributed by atoms with Crippen LogP contribution in [0.5, 0.6) is 11.5 Å². The summed E-state index contributed by atoms with van der Waals surface area (Å²) in [5.74, 6) is 1.39. The number of aliphatic hydroxyl groups is 1. The van der Waals surface area contributed by atoms with Crippen LogP contribution in [0.4, 0.5) is 0 Å². The van der Waals surface area contributed by atoms with E-state index in [1.54, 1.807) is 12.1 Å². The van der Waals surface area contributed by atoms with Crippen LogP contribution < -0.4 is 14.8 Å². The lowest BCUT2D eigenvalue weighted by molar-refractivity contribution is -0.124. The van der Waals surface area contributed by atoms with Gasteiger partial charge in [0.25, 0.3) is 0 Å². The number of rotatable bonds is 9. The molecule has 1 saturated heterocycles. The normalized spacial score (nSPS) is 16.2. The molecular formula is C22H27ClN2O4. The van der Waals surface area contributed by atoms with Gasteiger partial charge in [-0.15, -0.1) is 0 Å². The zero-order chi connectivity index (χ0) is 20.5. The summed E-state index contributed by atoms with van der Waals surface area (Å²) in [6, 6.07) is 16.6. The summed E-state index contributed by atoms with van der Waals surface area (Å²) in [6.07, 6.45) is 1.11. The maximum Gasteiger partial charge on any atom is 0.234 e. The fourth-order valence-electron chi connectivity index (χ4n) is 3.18. The minimum atomic E-state index is -0.890. The Labute approximate surface area is 176 Å². The molecule has 7 heteroatoms. The Morgan fingerprint density at radius 2 is 1.79 bits per heavy atom. The monoisotopic (exact) mass is 418 g/mol. The molecule has 2 aromatic carbocycles. The SMILES string of the molecule is O=C(CN1CCC(O)(COc2cccc(Cl)c2)CC1)NCCOc1ccccc1. The van der Waals surface area contributed by atoms with Gasteiger partial charge in [0.05, 0.1) is 13.1 Å². The number of piperidine rings is 1. The third-order valence-electron chi connectivity index (χ3n) is 4.89.